The Labute approximate surface area is 173 Å². The number of carbonyl (C=O) groups excluding carboxylic acids is 1. The molecule has 0 radical (unpaired) electrons. The highest BCUT2D eigenvalue weighted by atomic mass is 16.5. The van der Waals surface area contributed by atoms with Gasteiger partial charge in [-0.3, -0.25) is 4.79 Å². The fraction of sp³-hybridized carbons (Fsp3) is 0.333. The van der Waals surface area contributed by atoms with Crippen LogP contribution in [0.25, 0.3) is 0 Å². The Morgan fingerprint density at radius 3 is 2.33 bits per heavy atom. The van der Waals surface area contributed by atoms with Gasteiger partial charge >= 0.3 is 5.97 Å². The maximum Gasteiger partial charge on any atom is 0.371 e. The van der Waals surface area contributed by atoms with Crippen molar-refractivity contribution in [3.63, 3.8) is 0 Å². The lowest BCUT2D eigenvalue weighted by molar-refractivity contribution is -0.140. The summed E-state index contributed by atoms with van der Waals surface area (Å²) in [5.41, 5.74) is 1.95. The van der Waals surface area contributed by atoms with Gasteiger partial charge in [0.1, 0.15) is 18.8 Å². The average molecular weight is 419 g/mol. The third-order valence-electron chi connectivity index (χ3n) is 4.54. The van der Waals surface area contributed by atoms with Crippen molar-refractivity contribution >= 4 is 11.9 Å². The summed E-state index contributed by atoms with van der Waals surface area (Å²) < 4.78 is 5.32. The molecule has 3 atom stereocenters. The minimum atomic E-state index is -1.61. The molecule has 9 heteroatoms. The number of carboxylic acid groups (broad SMARTS) is 1. The van der Waals surface area contributed by atoms with Gasteiger partial charge in [-0.2, -0.15) is 0 Å². The van der Waals surface area contributed by atoms with Crippen molar-refractivity contribution in [1.29, 1.82) is 0 Å². The number of carbonyl (C=O) groups is 2. The number of hydrogen-bond acceptors (Lipinski definition) is 7. The SMILES string of the molecule is CC(=O)N[C@@H]1[C@@H](O)C(/C=C/Cc2ccc(C)cc2)=C(C(=O)O)O[C@H]1/C(O)=C(\O)CO. The van der Waals surface area contributed by atoms with Crippen LogP contribution in [0.3, 0.4) is 0 Å². The Kier molecular flexibility index (Phi) is 7.62. The zero-order chi connectivity index (χ0) is 22.4. The van der Waals surface area contributed by atoms with Crippen molar-refractivity contribution in [3.05, 3.63) is 70.4 Å². The number of nitrogens with one attached hydrogen (secondary N) is 1. The number of rotatable bonds is 7. The second-order valence-corrected chi connectivity index (χ2v) is 6.88. The molecule has 0 spiro atoms. The number of allylic oxidation sites excluding steroid dienone is 1. The molecular weight excluding hydrogens is 394 g/mol. The number of aryl methyl sites for hydroxylation is 1. The monoisotopic (exact) mass is 419 g/mol. The lowest BCUT2D eigenvalue weighted by Crippen LogP contribution is -2.55. The topological polar surface area (TPSA) is 157 Å². The van der Waals surface area contributed by atoms with Gasteiger partial charge in [-0.15, -0.1) is 0 Å². The molecular formula is C21H25NO8. The molecule has 2 rings (SSSR count). The van der Waals surface area contributed by atoms with E-state index in [1.54, 1.807) is 6.08 Å². The van der Waals surface area contributed by atoms with E-state index in [1.165, 1.54) is 13.0 Å². The van der Waals surface area contributed by atoms with Crippen LogP contribution in [0.15, 0.2) is 59.3 Å². The first-order valence-corrected chi connectivity index (χ1v) is 9.18. The van der Waals surface area contributed by atoms with Crippen molar-refractivity contribution < 1.29 is 39.9 Å². The fourth-order valence-corrected chi connectivity index (χ4v) is 3.02. The Bertz CT molecular complexity index is 885. The Morgan fingerprint density at radius 2 is 1.80 bits per heavy atom. The summed E-state index contributed by atoms with van der Waals surface area (Å²) in [5.74, 6) is -4.49. The first-order chi connectivity index (χ1) is 14.1. The molecule has 0 saturated carbocycles. The molecule has 0 bridgehead atoms. The van der Waals surface area contributed by atoms with Crippen LogP contribution in [0, 0.1) is 6.92 Å². The summed E-state index contributed by atoms with van der Waals surface area (Å²) in [5, 5.41) is 51.4. The van der Waals surface area contributed by atoms with Gasteiger partial charge in [0.05, 0.1) is 0 Å². The third kappa shape index (κ3) is 5.40. The summed E-state index contributed by atoms with van der Waals surface area (Å²) in [4.78, 5) is 23.3. The zero-order valence-electron chi connectivity index (χ0n) is 16.6. The normalized spacial score (nSPS) is 22.5. The van der Waals surface area contributed by atoms with Crippen LogP contribution in [0.5, 0.6) is 0 Å². The van der Waals surface area contributed by atoms with E-state index in [4.69, 9.17) is 9.84 Å². The summed E-state index contributed by atoms with van der Waals surface area (Å²) in [6.07, 6.45) is 0.291. The Morgan fingerprint density at radius 1 is 1.17 bits per heavy atom. The maximum absolute atomic E-state index is 11.7. The first kappa shape index (κ1) is 23.0. The molecule has 6 N–H and O–H groups in total. The van der Waals surface area contributed by atoms with E-state index in [1.807, 2.05) is 31.2 Å². The van der Waals surface area contributed by atoms with E-state index in [2.05, 4.69) is 5.32 Å². The van der Waals surface area contributed by atoms with Gasteiger partial charge in [0.15, 0.2) is 17.6 Å². The predicted octanol–water partition coefficient (Wildman–Crippen LogP) is 1.02. The molecule has 9 nitrogen and oxygen atoms in total. The smallest absolute Gasteiger partial charge is 0.371 e. The molecule has 1 heterocycles. The highest BCUT2D eigenvalue weighted by Gasteiger charge is 2.43. The molecule has 0 fully saturated rings. The van der Waals surface area contributed by atoms with Gasteiger partial charge in [-0.1, -0.05) is 42.0 Å². The first-order valence-electron chi connectivity index (χ1n) is 9.18. The van der Waals surface area contributed by atoms with Crippen LogP contribution in [0.2, 0.25) is 0 Å². The molecule has 0 saturated heterocycles. The summed E-state index contributed by atoms with van der Waals surface area (Å²) in [6.45, 7) is 2.18. The molecule has 1 aromatic rings. The molecule has 30 heavy (non-hydrogen) atoms. The number of aliphatic carboxylic acids is 1. The molecule has 1 aliphatic heterocycles. The van der Waals surface area contributed by atoms with Crippen molar-refractivity contribution in [2.75, 3.05) is 6.61 Å². The van der Waals surface area contributed by atoms with E-state index < -0.39 is 54.0 Å². The van der Waals surface area contributed by atoms with E-state index in [0.29, 0.717) is 6.42 Å². The number of carboxylic acids is 1. The maximum atomic E-state index is 11.7. The van der Waals surface area contributed by atoms with Gasteiger partial charge in [-0.05, 0) is 18.9 Å². The number of benzene rings is 1. The third-order valence-corrected chi connectivity index (χ3v) is 4.54. The molecule has 1 aromatic carbocycles. The summed E-state index contributed by atoms with van der Waals surface area (Å²) in [7, 11) is 0. The van der Waals surface area contributed by atoms with E-state index in [9.17, 15) is 30.0 Å². The van der Waals surface area contributed by atoms with Gasteiger partial charge in [0.2, 0.25) is 11.7 Å². The number of aliphatic hydroxyl groups excluding tert-OH is 4. The van der Waals surface area contributed by atoms with Crippen LogP contribution >= 0.6 is 0 Å². The molecule has 0 aliphatic carbocycles. The minimum absolute atomic E-state index is 0.110. The van der Waals surface area contributed by atoms with Crippen molar-refractivity contribution in [1.82, 2.24) is 5.32 Å². The summed E-state index contributed by atoms with van der Waals surface area (Å²) >= 11 is 0. The highest BCUT2D eigenvalue weighted by Crippen LogP contribution is 2.30. The number of hydrogen-bond donors (Lipinski definition) is 6. The fourth-order valence-electron chi connectivity index (χ4n) is 3.02. The zero-order valence-corrected chi connectivity index (χ0v) is 16.6. The van der Waals surface area contributed by atoms with E-state index in [0.717, 1.165) is 11.1 Å². The van der Waals surface area contributed by atoms with Gasteiger partial charge < -0.3 is 35.6 Å². The molecule has 0 aromatic heterocycles. The van der Waals surface area contributed by atoms with Crippen molar-refractivity contribution in [2.45, 2.75) is 38.5 Å². The standard InChI is InChI=1S/C21H25NO8/c1-11-6-8-13(9-7-11)4-3-5-14-17(26)16(22-12(2)24)20(18(27)15(25)10-23)30-19(14)21(28)29/h3,5-9,16-17,20,23,25-27H,4,10H2,1-2H3,(H,22,24)(H,28,29)/b5-3+,18-15+/t16-,17+,20-/m1/s1. The van der Waals surface area contributed by atoms with Crippen LogP contribution in [-0.4, -0.2) is 62.3 Å². The van der Waals surface area contributed by atoms with Gasteiger partial charge in [0.25, 0.3) is 0 Å². The predicted molar refractivity (Wildman–Crippen MR) is 107 cm³/mol. The lowest BCUT2D eigenvalue weighted by Gasteiger charge is -2.36. The highest BCUT2D eigenvalue weighted by molar-refractivity contribution is 5.86. The van der Waals surface area contributed by atoms with Crippen molar-refractivity contribution in [3.8, 4) is 0 Å². The number of aliphatic hydroxyl groups is 4. The van der Waals surface area contributed by atoms with Crippen LogP contribution in [-0.2, 0) is 20.7 Å². The lowest BCUT2D eigenvalue weighted by atomic mass is 9.91. The quantitative estimate of drug-likeness (QED) is 0.358. The molecule has 0 unspecified atom stereocenters. The van der Waals surface area contributed by atoms with Crippen LogP contribution in [0.1, 0.15) is 18.1 Å². The Hall–Kier alpha value is -3.30. The van der Waals surface area contributed by atoms with E-state index in [-0.39, 0.29) is 5.57 Å². The largest absolute Gasteiger partial charge is 0.506 e. The Balaban J connectivity index is 2.42. The van der Waals surface area contributed by atoms with Gasteiger partial charge in [-0.25, -0.2) is 4.79 Å². The van der Waals surface area contributed by atoms with Crippen molar-refractivity contribution in [2.24, 2.45) is 0 Å². The van der Waals surface area contributed by atoms with E-state index >= 15 is 0 Å². The second kappa shape index (κ2) is 9.95. The summed E-state index contributed by atoms with van der Waals surface area (Å²) in [6, 6.07) is 6.39. The molecule has 1 amide bonds. The minimum Gasteiger partial charge on any atom is -0.506 e. The molecule has 1 aliphatic rings. The number of ether oxygens (including phenoxy) is 1. The average Bonchev–Trinajstić information content (AvgIpc) is 2.70. The van der Waals surface area contributed by atoms with Crippen LogP contribution in [0.4, 0.5) is 0 Å². The van der Waals surface area contributed by atoms with Crippen LogP contribution < -0.4 is 5.32 Å². The van der Waals surface area contributed by atoms with Gasteiger partial charge in [0, 0.05) is 12.5 Å². The number of amides is 1. The molecule has 162 valence electrons. The second-order valence-electron chi connectivity index (χ2n) is 6.88.